The molecule has 2 aromatic rings. The highest BCUT2D eigenvalue weighted by Gasteiger charge is 2.30. The van der Waals surface area contributed by atoms with Gasteiger partial charge >= 0.3 is 6.09 Å². The molecule has 168 valence electrons. The number of phenols is 1. The number of nitrogens with zero attached hydrogens (tertiary/aromatic N) is 1. The molecule has 0 bridgehead atoms. The van der Waals surface area contributed by atoms with Crippen molar-refractivity contribution in [3.05, 3.63) is 68.6 Å². The molecule has 32 heavy (non-hydrogen) atoms. The van der Waals surface area contributed by atoms with E-state index in [9.17, 15) is 14.7 Å². The number of ether oxygens (including phenoxy) is 2. The standard InChI is InChI=1S/C21H19Br2N3O6/c1-2-31-17(7-8-18(27)26-30)20(15-9-13(22)10-16(23)19(15)28)32-21(29)25-14-5-3-12(11-24)4-6-14/h3-10,17,20,28,30H,2H2,1H3,(H,25,29)(H,26,27)/b8-7+/t17-,20-/m1/s1. The van der Waals surface area contributed by atoms with Crippen molar-refractivity contribution in [3.8, 4) is 11.8 Å². The molecule has 0 aliphatic carbocycles. The molecule has 0 saturated carbocycles. The minimum atomic E-state index is -1.18. The van der Waals surface area contributed by atoms with Crippen LogP contribution in [-0.2, 0) is 14.3 Å². The lowest BCUT2D eigenvalue weighted by Gasteiger charge is -2.26. The first-order valence-corrected chi connectivity index (χ1v) is 10.8. The molecule has 0 aliphatic heterocycles. The average molecular weight is 569 g/mol. The topological polar surface area (TPSA) is 141 Å². The lowest BCUT2D eigenvalue weighted by molar-refractivity contribution is -0.124. The van der Waals surface area contributed by atoms with Crippen molar-refractivity contribution in [2.45, 2.75) is 19.1 Å². The zero-order valence-corrected chi connectivity index (χ0v) is 19.9. The average Bonchev–Trinajstić information content (AvgIpc) is 2.78. The predicted octanol–water partition coefficient (Wildman–Crippen LogP) is 4.55. The summed E-state index contributed by atoms with van der Waals surface area (Å²) >= 11 is 6.57. The van der Waals surface area contributed by atoms with E-state index in [1.54, 1.807) is 19.1 Å². The largest absolute Gasteiger partial charge is 0.506 e. The second kappa shape index (κ2) is 12.2. The summed E-state index contributed by atoms with van der Waals surface area (Å²) < 4.78 is 12.2. The number of nitriles is 1. The summed E-state index contributed by atoms with van der Waals surface area (Å²) in [5.41, 5.74) is 2.48. The SMILES string of the molecule is CCO[C@H](/C=C/C(=O)NO)[C@H](OC(=O)Nc1ccc(C#N)cc1)c1cc(Br)cc(Br)c1O. The molecular formula is C21H19Br2N3O6. The Kier molecular flexibility index (Phi) is 9.67. The molecule has 9 nitrogen and oxygen atoms in total. The van der Waals surface area contributed by atoms with Crippen molar-refractivity contribution in [1.29, 1.82) is 5.26 Å². The van der Waals surface area contributed by atoms with Crippen LogP contribution in [0.4, 0.5) is 10.5 Å². The van der Waals surface area contributed by atoms with Crippen LogP contribution in [-0.4, -0.2) is 35.0 Å². The third-order valence-electron chi connectivity index (χ3n) is 4.06. The fourth-order valence-electron chi connectivity index (χ4n) is 2.66. The van der Waals surface area contributed by atoms with Gasteiger partial charge in [-0.3, -0.25) is 15.3 Å². The van der Waals surface area contributed by atoms with Gasteiger partial charge in [-0.25, -0.2) is 10.3 Å². The van der Waals surface area contributed by atoms with E-state index in [4.69, 9.17) is 19.9 Å². The highest BCUT2D eigenvalue weighted by Crippen LogP contribution is 2.39. The molecule has 0 spiro atoms. The van der Waals surface area contributed by atoms with Crippen LogP contribution in [0.1, 0.15) is 24.2 Å². The van der Waals surface area contributed by atoms with Crippen LogP contribution >= 0.6 is 31.9 Å². The molecule has 2 aromatic carbocycles. The van der Waals surface area contributed by atoms with Crippen LogP contribution in [0.5, 0.6) is 5.75 Å². The first kappa shape index (κ1) is 25.4. The number of aromatic hydroxyl groups is 1. The van der Waals surface area contributed by atoms with Crippen molar-refractivity contribution in [1.82, 2.24) is 5.48 Å². The van der Waals surface area contributed by atoms with E-state index in [1.165, 1.54) is 35.8 Å². The first-order valence-electron chi connectivity index (χ1n) is 9.18. The van der Waals surface area contributed by atoms with E-state index >= 15 is 0 Å². The minimum absolute atomic E-state index is 0.186. The Hall–Kier alpha value is -2.91. The minimum Gasteiger partial charge on any atom is -0.506 e. The van der Waals surface area contributed by atoms with E-state index in [0.717, 1.165) is 6.08 Å². The van der Waals surface area contributed by atoms with Crippen molar-refractivity contribution >= 4 is 49.5 Å². The van der Waals surface area contributed by atoms with E-state index in [2.05, 4.69) is 37.2 Å². The Morgan fingerprint density at radius 2 is 1.94 bits per heavy atom. The number of hydrogen-bond donors (Lipinski definition) is 4. The van der Waals surface area contributed by atoms with Gasteiger partial charge in [-0.05, 0) is 65.3 Å². The number of anilines is 1. The molecule has 0 unspecified atom stereocenters. The van der Waals surface area contributed by atoms with Gasteiger partial charge in [0, 0.05) is 28.4 Å². The Morgan fingerprint density at radius 3 is 2.53 bits per heavy atom. The molecule has 0 aliphatic rings. The third-order valence-corrected chi connectivity index (χ3v) is 5.13. The first-order chi connectivity index (χ1) is 15.3. The fourth-order valence-corrected chi connectivity index (χ4v) is 3.92. The van der Waals surface area contributed by atoms with Crippen LogP contribution in [0.25, 0.3) is 0 Å². The fraction of sp³-hybridized carbons (Fsp3) is 0.190. The van der Waals surface area contributed by atoms with Crippen molar-refractivity contribution in [2.24, 2.45) is 0 Å². The lowest BCUT2D eigenvalue weighted by atomic mass is 10.0. The van der Waals surface area contributed by atoms with E-state index in [0.29, 0.717) is 20.2 Å². The predicted molar refractivity (Wildman–Crippen MR) is 122 cm³/mol. The van der Waals surface area contributed by atoms with Gasteiger partial charge in [0.25, 0.3) is 5.91 Å². The van der Waals surface area contributed by atoms with Gasteiger partial charge in [-0.1, -0.05) is 15.9 Å². The number of carbonyl (C=O) groups excluding carboxylic acids is 2. The quantitative estimate of drug-likeness (QED) is 0.208. The number of halogens is 2. The van der Waals surface area contributed by atoms with Gasteiger partial charge < -0.3 is 14.6 Å². The Balaban J connectivity index is 2.40. The third kappa shape index (κ3) is 7.06. The van der Waals surface area contributed by atoms with Crippen LogP contribution < -0.4 is 10.8 Å². The summed E-state index contributed by atoms with van der Waals surface area (Å²) in [6.45, 7) is 1.90. The van der Waals surface area contributed by atoms with E-state index < -0.39 is 24.2 Å². The normalized spacial score (nSPS) is 12.6. The number of amides is 2. The summed E-state index contributed by atoms with van der Waals surface area (Å²) in [5, 5.41) is 30.7. The summed E-state index contributed by atoms with van der Waals surface area (Å²) in [6.07, 6.45) is -0.719. The van der Waals surface area contributed by atoms with E-state index in [1.807, 2.05) is 6.07 Å². The van der Waals surface area contributed by atoms with Gasteiger partial charge in [0.2, 0.25) is 0 Å². The second-order valence-electron chi connectivity index (χ2n) is 6.22. The number of phenolic OH excluding ortho intramolecular Hbond substituents is 1. The molecule has 0 radical (unpaired) electrons. The second-order valence-corrected chi connectivity index (χ2v) is 7.99. The zero-order valence-electron chi connectivity index (χ0n) is 16.7. The molecule has 2 rings (SSSR count). The summed E-state index contributed by atoms with van der Waals surface area (Å²) in [6, 6.07) is 11.3. The number of hydrogen-bond acceptors (Lipinski definition) is 7. The molecular weight excluding hydrogens is 550 g/mol. The Morgan fingerprint density at radius 1 is 1.25 bits per heavy atom. The van der Waals surface area contributed by atoms with Crippen molar-refractivity contribution in [2.75, 3.05) is 11.9 Å². The Bertz CT molecular complexity index is 1040. The maximum atomic E-state index is 12.6. The molecule has 0 fully saturated rings. The van der Waals surface area contributed by atoms with Gasteiger partial charge in [-0.2, -0.15) is 5.26 Å². The molecule has 11 heteroatoms. The van der Waals surface area contributed by atoms with Crippen LogP contribution in [0.2, 0.25) is 0 Å². The number of carbonyl (C=O) groups is 2. The maximum absolute atomic E-state index is 12.6. The number of nitrogens with one attached hydrogen (secondary N) is 2. The Labute approximate surface area is 200 Å². The maximum Gasteiger partial charge on any atom is 0.412 e. The molecule has 4 N–H and O–H groups in total. The van der Waals surface area contributed by atoms with Gasteiger partial charge in [0.1, 0.15) is 11.9 Å². The number of rotatable bonds is 8. The van der Waals surface area contributed by atoms with Crippen molar-refractivity contribution in [3.63, 3.8) is 0 Å². The molecule has 0 saturated heterocycles. The molecule has 2 atom stereocenters. The van der Waals surface area contributed by atoms with Crippen molar-refractivity contribution < 1.29 is 29.4 Å². The smallest absolute Gasteiger partial charge is 0.412 e. The molecule has 0 heterocycles. The molecule has 2 amide bonds. The summed E-state index contributed by atoms with van der Waals surface area (Å²) in [5.74, 6) is -0.996. The monoisotopic (exact) mass is 567 g/mol. The highest BCUT2D eigenvalue weighted by atomic mass is 79.9. The van der Waals surface area contributed by atoms with Gasteiger partial charge in [-0.15, -0.1) is 0 Å². The highest BCUT2D eigenvalue weighted by molar-refractivity contribution is 9.11. The van der Waals surface area contributed by atoms with Gasteiger partial charge in [0.15, 0.2) is 6.10 Å². The zero-order chi connectivity index (χ0) is 23.7. The molecule has 0 aromatic heterocycles. The lowest BCUT2D eigenvalue weighted by Crippen LogP contribution is -2.28. The number of hydroxylamine groups is 1. The van der Waals surface area contributed by atoms with Crippen LogP contribution in [0.3, 0.4) is 0 Å². The van der Waals surface area contributed by atoms with Gasteiger partial charge in [0.05, 0.1) is 16.1 Å². The van der Waals surface area contributed by atoms with Crippen LogP contribution in [0.15, 0.2) is 57.5 Å². The summed E-state index contributed by atoms with van der Waals surface area (Å²) in [4.78, 5) is 24.1. The van der Waals surface area contributed by atoms with Crippen LogP contribution in [0, 0.1) is 11.3 Å². The number of benzene rings is 2. The van der Waals surface area contributed by atoms with E-state index in [-0.39, 0.29) is 17.9 Å². The summed E-state index contributed by atoms with van der Waals surface area (Å²) in [7, 11) is 0.